The molecular weight excluding hydrogens is 226 g/mol. The van der Waals surface area contributed by atoms with Gasteiger partial charge in [-0.25, -0.2) is 9.78 Å². The first-order valence-electron chi connectivity index (χ1n) is 4.46. The lowest BCUT2D eigenvalue weighted by molar-refractivity contribution is 0.103. The van der Waals surface area contributed by atoms with Crippen molar-refractivity contribution >= 4 is 27.7 Å². The molecule has 1 aromatic heterocycles. The van der Waals surface area contributed by atoms with Crippen LogP contribution in [0.15, 0.2) is 24.3 Å². The van der Waals surface area contributed by atoms with Gasteiger partial charge >= 0.3 is 6.16 Å². The van der Waals surface area contributed by atoms with Crippen molar-refractivity contribution in [1.82, 2.24) is 4.98 Å². The van der Waals surface area contributed by atoms with Crippen LogP contribution in [0.4, 0.5) is 4.79 Å². The molecular formula is C11H7NO3S. The number of thiazole rings is 1. The van der Waals surface area contributed by atoms with E-state index in [1.165, 1.54) is 11.3 Å². The average molecular weight is 233 g/mol. The Balaban J connectivity index is 2.12. The van der Waals surface area contributed by atoms with Gasteiger partial charge in [0.15, 0.2) is 11.6 Å². The zero-order valence-electron chi connectivity index (χ0n) is 8.14. The zero-order chi connectivity index (χ0) is 11.4. The Kier molecular flexibility index (Phi) is 3.03. The maximum atomic E-state index is 10.0. The quantitative estimate of drug-likeness (QED) is 0.606. The number of rotatable bonds is 1. The van der Waals surface area contributed by atoms with E-state index in [-0.39, 0.29) is 6.61 Å². The summed E-state index contributed by atoms with van der Waals surface area (Å²) in [5, 5.41) is 8.88. The standard InChI is InChI=1S/C11H7NO3S/c13-11(14)15-7-3-6-10-12-8-4-1-2-5-9(8)16-10/h1-2,4-5H,7H2,(H,13,14). The Morgan fingerprint density at radius 1 is 1.50 bits per heavy atom. The first-order valence-corrected chi connectivity index (χ1v) is 5.27. The van der Waals surface area contributed by atoms with Crippen LogP contribution in [0, 0.1) is 11.8 Å². The zero-order valence-corrected chi connectivity index (χ0v) is 8.95. The molecule has 0 unspecified atom stereocenters. The largest absolute Gasteiger partial charge is 0.506 e. The van der Waals surface area contributed by atoms with Crippen molar-refractivity contribution in [3.63, 3.8) is 0 Å². The van der Waals surface area contributed by atoms with Gasteiger partial charge in [0.1, 0.15) is 0 Å². The summed E-state index contributed by atoms with van der Waals surface area (Å²) in [5.74, 6) is 5.35. The van der Waals surface area contributed by atoms with Crippen LogP contribution < -0.4 is 0 Å². The SMILES string of the molecule is O=C(O)OCC#Cc1nc2ccccc2s1. The smallest absolute Gasteiger partial charge is 0.450 e. The summed E-state index contributed by atoms with van der Waals surface area (Å²) >= 11 is 1.47. The summed E-state index contributed by atoms with van der Waals surface area (Å²) in [5.41, 5.74) is 0.899. The predicted molar refractivity (Wildman–Crippen MR) is 60.5 cm³/mol. The van der Waals surface area contributed by atoms with E-state index in [1.807, 2.05) is 24.3 Å². The van der Waals surface area contributed by atoms with E-state index in [4.69, 9.17) is 5.11 Å². The number of fused-ring (bicyclic) bond motifs is 1. The molecule has 1 N–H and O–H groups in total. The van der Waals surface area contributed by atoms with Crippen LogP contribution in [0.5, 0.6) is 0 Å². The second-order valence-corrected chi connectivity index (χ2v) is 3.87. The van der Waals surface area contributed by atoms with E-state index in [1.54, 1.807) is 0 Å². The fraction of sp³-hybridized carbons (Fsp3) is 0.0909. The van der Waals surface area contributed by atoms with Gasteiger partial charge in [-0.15, -0.1) is 11.3 Å². The van der Waals surface area contributed by atoms with Crippen LogP contribution in [0.1, 0.15) is 5.01 Å². The third-order valence-electron chi connectivity index (χ3n) is 1.76. The van der Waals surface area contributed by atoms with Gasteiger partial charge in [-0.3, -0.25) is 0 Å². The summed E-state index contributed by atoms with van der Waals surface area (Å²) in [6.07, 6.45) is -1.32. The van der Waals surface area contributed by atoms with Crippen molar-refractivity contribution in [1.29, 1.82) is 0 Å². The van der Waals surface area contributed by atoms with Crippen molar-refractivity contribution in [3.05, 3.63) is 29.3 Å². The van der Waals surface area contributed by atoms with Gasteiger partial charge in [0.05, 0.1) is 10.2 Å². The molecule has 0 fully saturated rings. The van der Waals surface area contributed by atoms with Gasteiger partial charge in [0.25, 0.3) is 0 Å². The lowest BCUT2D eigenvalue weighted by Gasteiger charge is -1.88. The first kappa shape index (κ1) is 10.5. The maximum Gasteiger partial charge on any atom is 0.506 e. The number of ether oxygens (including phenoxy) is 1. The number of carboxylic acid groups (broad SMARTS) is 1. The van der Waals surface area contributed by atoms with Crippen LogP contribution >= 0.6 is 11.3 Å². The summed E-state index contributed by atoms with van der Waals surface area (Å²) in [7, 11) is 0. The van der Waals surface area contributed by atoms with Crippen molar-refractivity contribution in [2.75, 3.05) is 6.61 Å². The summed E-state index contributed by atoms with van der Waals surface area (Å²) in [4.78, 5) is 14.3. The molecule has 0 aliphatic heterocycles. The molecule has 80 valence electrons. The third-order valence-corrected chi connectivity index (χ3v) is 2.71. The van der Waals surface area contributed by atoms with Crippen LogP contribution in [0.25, 0.3) is 10.2 Å². The minimum absolute atomic E-state index is 0.134. The summed E-state index contributed by atoms with van der Waals surface area (Å²) in [6.45, 7) is -0.134. The Labute approximate surface area is 95.5 Å². The van der Waals surface area contributed by atoms with Crippen LogP contribution in [0.3, 0.4) is 0 Å². The highest BCUT2D eigenvalue weighted by Gasteiger charge is 1.99. The molecule has 0 aliphatic rings. The molecule has 0 atom stereocenters. The topological polar surface area (TPSA) is 59.4 Å². The highest BCUT2D eigenvalue weighted by atomic mass is 32.1. The van der Waals surface area contributed by atoms with Gasteiger partial charge < -0.3 is 9.84 Å². The number of hydrogen-bond acceptors (Lipinski definition) is 4. The number of benzene rings is 1. The molecule has 16 heavy (non-hydrogen) atoms. The fourth-order valence-electron chi connectivity index (χ4n) is 1.14. The first-order chi connectivity index (χ1) is 7.75. The lowest BCUT2D eigenvalue weighted by Crippen LogP contribution is -1.99. The third kappa shape index (κ3) is 2.49. The van der Waals surface area contributed by atoms with E-state index < -0.39 is 6.16 Å². The molecule has 5 heteroatoms. The van der Waals surface area contributed by atoms with Crippen molar-refractivity contribution in [2.24, 2.45) is 0 Å². The van der Waals surface area contributed by atoms with Gasteiger partial charge in [0, 0.05) is 0 Å². The number of carbonyl (C=O) groups is 1. The average Bonchev–Trinajstić information content (AvgIpc) is 2.66. The van der Waals surface area contributed by atoms with E-state index >= 15 is 0 Å². The fourth-order valence-corrected chi connectivity index (χ4v) is 1.98. The van der Waals surface area contributed by atoms with Crippen molar-refractivity contribution in [3.8, 4) is 11.8 Å². The molecule has 0 saturated carbocycles. The molecule has 0 bridgehead atoms. The molecule has 4 nitrogen and oxygen atoms in total. The lowest BCUT2D eigenvalue weighted by atomic mass is 10.3. The Morgan fingerprint density at radius 2 is 2.31 bits per heavy atom. The molecule has 0 spiro atoms. The number of aromatic nitrogens is 1. The number of hydrogen-bond donors (Lipinski definition) is 1. The van der Waals surface area contributed by atoms with E-state index in [9.17, 15) is 4.79 Å². The van der Waals surface area contributed by atoms with Gasteiger partial charge in [-0.1, -0.05) is 18.1 Å². The molecule has 1 heterocycles. The number of nitrogens with zero attached hydrogens (tertiary/aromatic N) is 1. The van der Waals surface area contributed by atoms with Crippen LogP contribution in [0.2, 0.25) is 0 Å². The molecule has 0 aliphatic carbocycles. The normalized spacial score (nSPS) is 9.50. The molecule has 2 aromatic rings. The molecule has 0 amide bonds. The minimum Gasteiger partial charge on any atom is -0.450 e. The van der Waals surface area contributed by atoms with Crippen LogP contribution in [-0.4, -0.2) is 22.9 Å². The van der Waals surface area contributed by atoms with E-state index in [0.29, 0.717) is 5.01 Å². The Bertz CT molecular complexity index is 546. The van der Waals surface area contributed by atoms with Crippen molar-refractivity contribution < 1.29 is 14.6 Å². The molecule has 0 saturated heterocycles. The van der Waals surface area contributed by atoms with E-state index in [2.05, 4.69) is 21.6 Å². The van der Waals surface area contributed by atoms with Crippen LogP contribution in [-0.2, 0) is 4.74 Å². The Morgan fingerprint density at radius 3 is 3.06 bits per heavy atom. The van der Waals surface area contributed by atoms with Gasteiger partial charge in [0.2, 0.25) is 0 Å². The summed E-state index contributed by atoms with van der Waals surface area (Å²) < 4.78 is 5.32. The summed E-state index contributed by atoms with van der Waals surface area (Å²) in [6, 6.07) is 7.72. The maximum absolute atomic E-state index is 10.0. The van der Waals surface area contributed by atoms with Gasteiger partial charge in [-0.2, -0.15) is 0 Å². The highest BCUT2D eigenvalue weighted by molar-refractivity contribution is 7.19. The van der Waals surface area contributed by atoms with Crippen molar-refractivity contribution in [2.45, 2.75) is 0 Å². The minimum atomic E-state index is -1.32. The second kappa shape index (κ2) is 4.64. The number of para-hydroxylation sites is 1. The Hall–Kier alpha value is -2.06. The second-order valence-electron chi connectivity index (χ2n) is 2.84. The predicted octanol–water partition coefficient (Wildman–Crippen LogP) is 2.34. The molecule has 1 aromatic carbocycles. The monoisotopic (exact) mass is 233 g/mol. The molecule has 2 rings (SSSR count). The highest BCUT2D eigenvalue weighted by Crippen LogP contribution is 2.20. The van der Waals surface area contributed by atoms with Gasteiger partial charge in [-0.05, 0) is 18.1 Å². The molecule has 0 radical (unpaired) electrons. The van der Waals surface area contributed by atoms with E-state index in [0.717, 1.165) is 10.2 Å².